The normalized spacial score (nSPS) is 19.2. The van der Waals surface area contributed by atoms with Gasteiger partial charge in [0.2, 0.25) is 0 Å². The lowest BCUT2D eigenvalue weighted by Gasteiger charge is -2.17. The Labute approximate surface area is 55.1 Å². The zero-order valence-corrected chi connectivity index (χ0v) is 5.85. The lowest BCUT2D eigenvalue weighted by atomic mass is 10.1. The van der Waals surface area contributed by atoms with Crippen molar-refractivity contribution in [1.29, 1.82) is 0 Å². The van der Waals surface area contributed by atoms with Crippen molar-refractivity contribution in [2.75, 3.05) is 6.61 Å². The topological polar surface area (TPSA) is 29.5 Å². The predicted octanol–water partition coefficient (Wildman–Crippen LogP) is 1.06. The molecule has 0 aliphatic carbocycles. The zero-order chi connectivity index (χ0) is 6.91. The molecule has 2 heteroatoms. The van der Waals surface area contributed by atoms with Crippen molar-refractivity contribution in [3.05, 3.63) is 11.8 Å². The molecule has 0 aromatic carbocycles. The van der Waals surface area contributed by atoms with Crippen molar-refractivity contribution in [2.24, 2.45) is 0 Å². The second-order valence-corrected chi connectivity index (χ2v) is 2.76. The van der Waals surface area contributed by atoms with Gasteiger partial charge < -0.3 is 9.84 Å². The number of rotatable bonds is 1. The molecule has 1 aliphatic rings. The van der Waals surface area contributed by atoms with Crippen molar-refractivity contribution in [3.63, 3.8) is 0 Å². The maximum atomic E-state index is 9.32. The lowest BCUT2D eigenvalue weighted by Crippen LogP contribution is -2.21. The molecule has 0 aromatic heterocycles. The van der Waals surface area contributed by atoms with Crippen LogP contribution in [0.2, 0.25) is 0 Å². The van der Waals surface area contributed by atoms with Crippen molar-refractivity contribution in [2.45, 2.75) is 25.9 Å². The Morgan fingerprint density at radius 1 is 1.67 bits per heavy atom. The summed E-state index contributed by atoms with van der Waals surface area (Å²) in [6.07, 6.45) is 2.86. The van der Waals surface area contributed by atoms with E-state index in [0.717, 1.165) is 13.0 Å². The van der Waals surface area contributed by atoms with Crippen LogP contribution < -0.4 is 0 Å². The molecule has 0 atom stereocenters. The summed E-state index contributed by atoms with van der Waals surface area (Å²) < 4.78 is 5.13. The van der Waals surface area contributed by atoms with Gasteiger partial charge in [-0.15, -0.1) is 0 Å². The minimum Gasteiger partial charge on any atom is -0.495 e. The fraction of sp³-hybridized carbons (Fsp3) is 0.714. The molecule has 0 unspecified atom stereocenters. The molecular formula is C7H12O2. The van der Waals surface area contributed by atoms with Gasteiger partial charge >= 0.3 is 0 Å². The van der Waals surface area contributed by atoms with Crippen LogP contribution in [0.5, 0.6) is 0 Å². The van der Waals surface area contributed by atoms with Gasteiger partial charge in [-0.25, -0.2) is 0 Å². The summed E-state index contributed by atoms with van der Waals surface area (Å²) in [7, 11) is 0. The van der Waals surface area contributed by atoms with E-state index in [1.165, 1.54) is 0 Å². The van der Waals surface area contributed by atoms with Crippen LogP contribution in [0, 0.1) is 0 Å². The van der Waals surface area contributed by atoms with Gasteiger partial charge in [0, 0.05) is 6.42 Å². The molecule has 0 spiro atoms. The summed E-state index contributed by atoms with van der Waals surface area (Å²) in [5.41, 5.74) is -0.781. The van der Waals surface area contributed by atoms with Gasteiger partial charge in [-0.3, -0.25) is 0 Å². The van der Waals surface area contributed by atoms with Gasteiger partial charge in [0.05, 0.1) is 6.61 Å². The molecule has 2 nitrogen and oxygen atoms in total. The van der Waals surface area contributed by atoms with Gasteiger partial charge in [0.25, 0.3) is 0 Å². The lowest BCUT2D eigenvalue weighted by molar-refractivity contribution is 0.0503. The molecule has 1 rings (SSSR count). The number of hydrogen-bond donors (Lipinski definition) is 1. The summed E-state index contributed by atoms with van der Waals surface area (Å²) in [5, 5.41) is 9.32. The first-order valence-corrected chi connectivity index (χ1v) is 3.16. The fourth-order valence-electron chi connectivity index (χ4n) is 0.844. The predicted molar refractivity (Wildman–Crippen MR) is 34.9 cm³/mol. The Balaban J connectivity index is 2.61. The van der Waals surface area contributed by atoms with E-state index in [1.54, 1.807) is 13.8 Å². The van der Waals surface area contributed by atoms with E-state index < -0.39 is 5.60 Å². The molecule has 0 saturated carbocycles. The molecule has 0 radical (unpaired) electrons. The van der Waals surface area contributed by atoms with Crippen molar-refractivity contribution < 1.29 is 9.84 Å². The van der Waals surface area contributed by atoms with Crippen LogP contribution in [0.4, 0.5) is 0 Å². The van der Waals surface area contributed by atoms with Crippen LogP contribution >= 0.6 is 0 Å². The van der Waals surface area contributed by atoms with E-state index in [0.29, 0.717) is 5.76 Å². The third-order valence-corrected chi connectivity index (χ3v) is 1.31. The van der Waals surface area contributed by atoms with Crippen molar-refractivity contribution in [3.8, 4) is 0 Å². The summed E-state index contributed by atoms with van der Waals surface area (Å²) in [6, 6.07) is 0. The van der Waals surface area contributed by atoms with Gasteiger partial charge in [0.1, 0.15) is 11.4 Å². The maximum absolute atomic E-state index is 9.32. The molecule has 1 heterocycles. The molecule has 9 heavy (non-hydrogen) atoms. The monoisotopic (exact) mass is 128 g/mol. The van der Waals surface area contributed by atoms with E-state index in [2.05, 4.69) is 0 Å². The molecule has 0 bridgehead atoms. The first kappa shape index (κ1) is 6.62. The zero-order valence-electron chi connectivity index (χ0n) is 5.85. The Hall–Kier alpha value is -0.500. The summed E-state index contributed by atoms with van der Waals surface area (Å²) >= 11 is 0. The van der Waals surface area contributed by atoms with Gasteiger partial charge in [-0.1, -0.05) is 0 Å². The van der Waals surface area contributed by atoms with Gasteiger partial charge in [0.15, 0.2) is 0 Å². The van der Waals surface area contributed by atoms with Crippen LogP contribution in [0.3, 0.4) is 0 Å². The average Bonchev–Trinajstić information content (AvgIpc) is 2.08. The van der Waals surface area contributed by atoms with Gasteiger partial charge in [-0.05, 0) is 19.9 Å². The number of hydrogen-bond acceptors (Lipinski definition) is 2. The highest BCUT2D eigenvalue weighted by Crippen LogP contribution is 2.21. The van der Waals surface area contributed by atoms with Crippen LogP contribution in [0.25, 0.3) is 0 Å². The first-order chi connectivity index (χ1) is 4.11. The van der Waals surface area contributed by atoms with E-state index in [1.807, 2.05) is 6.08 Å². The Bertz CT molecular complexity index is 130. The van der Waals surface area contributed by atoms with E-state index in [9.17, 15) is 5.11 Å². The highest BCUT2D eigenvalue weighted by atomic mass is 16.5. The van der Waals surface area contributed by atoms with Crippen LogP contribution in [-0.4, -0.2) is 17.3 Å². The van der Waals surface area contributed by atoms with Crippen LogP contribution in [0.1, 0.15) is 20.3 Å². The second kappa shape index (κ2) is 2.03. The molecule has 0 saturated heterocycles. The molecule has 0 fully saturated rings. The minimum atomic E-state index is -0.781. The molecular weight excluding hydrogens is 116 g/mol. The summed E-state index contributed by atoms with van der Waals surface area (Å²) in [4.78, 5) is 0. The highest BCUT2D eigenvalue weighted by Gasteiger charge is 2.22. The Kier molecular flexibility index (Phi) is 1.49. The van der Waals surface area contributed by atoms with E-state index in [-0.39, 0.29) is 0 Å². The number of aliphatic hydroxyl groups is 1. The molecule has 1 N–H and O–H groups in total. The Morgan fingerprint density at radius 2 is 2.33 bits per heavy atom. The summed E-state index contributed by atoms with van der Waals surface area (Å²) in [6.45, 7) is 4.17. The SMILES string of the molecule is CC(C)(O)C1=CCCO1. The van der Waals surface area contributed by atoms with Crippen molar-refractivity contribution in [1.82, 2.24) is 0 Å². The smallest absolute Gasteiger partial charge is 0.123 e. The average molecular weight is 128 g/mol. The third kappa shape index (κ3) is 1.45. The van der Waals surface area contributed by atoms with Gasteiger partial charge in [-0.2, -0.15) is 0 Å². The summed E-state index contributed by atoms with van der Waals surface area (Å²) in [5.74, 6) is 0.711. The second-order valence-electron chi connectivity index (χ2n) is 2.76. The fourth-order valence-corrected chi connectivity index (χ4v) is 0.844. The van der Waals surface area contributed by atoms with Crippen LogP contribution in [0.15, 0.2) is 11.8 Å². The first-order valence-electron chi connectivity index (χ1n) is 3.16. The standard InChI is InChI=1S/C7H12O2/c1-7(2,8)6-4-3-5-9-6/h4,8H,3,5H2,1-2H3. The largest absolute Gasteiger partial charge is 0.495 e. The minimum absolute atomic E-state index is 0.711. The molecule has 0 aromatic rings. The van der Waals surface area contributed by atoms with E-state index >= 15 is 0 Å². The molecule has 52 valence electrons. The van der Waals surface area contributed by atoms with Crippen molar-refractivity contribution >= 4 is 0 Å². The highest BCUT2D eigenvalue weighted by molar-refractivity contribution is 5.09. The third-order valence-electron chi connectivity index (χ3n) is 1.31. The van der Waals surface area contributed by atoms with Crippen LogP contribution in [-0.2, 0) is 4.74 Å². The Morgan fingerprint density at radius 3 is 2.56 bits per heavy atom. The molecule has 0 amide bonds. The maximum Gasteiger partial charge on any atom is 0.123 e. The number of ether oxygens (including phenoxy) is 1. The quantitative estimate of drug-likeness (QED) is 0.572. The molecule has 1 aliphatic heterocycles. The van der Waals surface area contributed by atoms with E-state index in [4.69, 9.17) is 4.74 Å².